The molecule has 0 spiro atoms. The van der Waals surface area contributed by atoms with Gasteiger partial charge in [-0.05, 0) is 41.8 Å². The number of ether oxygens (including phenoxy) is 2. The van der Waals surface area contributed by atoms with Crippen molar-refractivity contribution in [1.29, 1.82) is 0 Å². The van der Waals surface area contributed by atoms with Crippen molar-refractivity contribution in [2.24, 2.45) is 0 Å². The first kappa shape index (κ1) is 23.6. The van der Waals surface area contributed by atoms with Crippen LogP contribution in [0.3, 0.4) is 0 Å². The first-order valence-corrected chi connectivity index (χ1v) is 12.5. The van der Waals surface area contributed by atoms with Crippen molar-refractivity contribution in [3.8, 4) is 0 Å². The molecule has 1 atom stereocenters. The van der Waals surface area contributed by atoms with E-state index in [0.717, 1.165) is 24.1 Å². The molecule has 0 fully saturated rings. The molecule has 1 aliphatic heterocycles. The molecule has 0 aromatic heterocycles. The predicted octanol–water partition coefficient (Wildman–Crippen LogP) is 4.42. The van der Waals surface area contributed by atoms with Crippen molar-refractivity contribution in [2.75, 3.05) is 14.2 Å². The Hall–Kier alpha value is -4.17. The third-order valence-corrected chi connectivity index (χ3v) is 7.53. The SMILES string of the molecule is [2H]C1=C(c2ccccc2)C(C(=O)OC)=C(C(=O)OC)N(S(=O)(=O)c2ccc(C)cc2)C1c1ccccc1. The predicted molar refractivity (Wildman–Crippen MR) is 135 cm³/mol. The number of aryl methyl sites for hydroxylation is 1. The summed E-state index contributed by atoms with van der Waals surface area (Å²) in [4.78, 5) is 26.4. The third kappa shape index (κ3) is 4.55. The summed E-state index contributed by atoms with van der Waals surface area (Å²) in [5, 5.41) is 0. The van der Waals surface area contributed by atoms with E-state index in [1.807, 2.05) is 6.92 Å². The molecule has 7 nitrogen and oxygen atoms in total. The number of benzene rings is 3. The lowest BCUT2D eigenvalue weighted by Gasteiger charge is -2.37. The lowest BCUT2D eigenvalue weighted by molar-refractivity contribution is -0.140. The molecule has 1 unspecified atom stereocenters. The molecule has 4 rings (SSSR count). The summed E-state index contributed by atoms with van der Waals surface area (Å²) in [7, 11) is -2.26. The zero-order valence-corrected chi connectivity index (χ0v) is 20.8. The molecule has 0 radical (unpaired) electrons. The first-order valence-electron chi connectivity index (χ1n) is 11.6. The molecule has 184 valence electrons. The number of methoxy groups -OCH3 is 2. The Morgan fingerprint density at radius 1 is 0.833 bits per heavy atom. The number of rotatable bonds is 6. The molecule has 0 aliphatic carbocycles. The van der Waals surface area contributed by atoms with Gasteiger partial charge in [-0.15, -0.1) is 0 Å². The van der Waals surface area contributed by atoms with Gasteiger partial charge in [0.05, 0.1) is 32.1 Å². The van der Waals surface area contributed by atoms with Crippen LogP contribution in [0.4, 0.5) is 0 Å². The third-order valence-electron chi connectivity index (χ3n) is 5.75. The van der Waals surface area contributed by atoms with Gasteiger partial charge in [0.25, 0.3) is 10.0 Å². The molecule has 3 aromatic rings. The molecule has 1 heterocycles. The molecule has 0 saturated carbocycles. The lowest BCUT2D eigenvalue weighted by atomic mass is 9.89. The maximum Gasteiger partial charge on any atom is 0.356 e. The highest BCUT2D eigenvalue weighted by Gasteiger charge is 2.44. The Kier molecular flexibility index (Phi) is 6.69. The quantitative estimate of drug-likeness (QED) is 0.462. The molecule has 0 amide bonds. The number of hydrogen-bond donors (Lipinski definition) is 0. The summed E-state index contributed by atoms with van der Waals surface area (Å²) < 4.78 is 48.4. The van der Waals surface area contributed by atoms with E-state index in [1.165, 1.54) is 12.1 Å². The summed E-state index contributed by atoms with van der Waals surface area (Å²) in [5.41, 5.74) is 0.900. The van der Waals surface area contributed by atoms with Gasteiger partial charge in [0.1, 0.15) is 0 Å². The van der Waals surface area contributed by atoms with Crippen LogP contribution in [0.15, 0.2) is 107 Å². The molecular formula is C28H25NO6S. The zero-order valence-electron chi connectivity index (χ0n) is 21.0. The fourth-order valence-corrected chi connectivity index (χ4v) is 5.55. The molecule has 36 heavy (non-hydrogen) atoms. The highest BCUT2D eigenvalue weighted by atomic mass is 32.2. The van der Waals surface area contributed by atoms with Crippen LogP contribution >= 0.6 is 0 Å². The molecule has 0 N–H and O–H groups in total. The zero-order chi connectivity index (χ0) is 26.7. The van der Waals surface area contributed by atoms with Gasteiger partial charge in [-0.2, -0.15) is 0 Å². The number of esters is 2. The topological polar surface area (TPSA) is 90.0 Å². The fraction of sp³-hybridized carbons (Fsp3) is 0.143. The highest BCUT2D eigenvalue weighted by Crippen LogP contribution is 2.43. The summed E-state index contributed by atoms with van der Waals surface area (Å²) >= 11 is 0. The highest BCUT2D eigenvalue weighted by molar-refractivity contribution is 7.89. The van der Waals surface area contributed by atoms with Gasteiger partial charge in [0, 0.05) is 0 Å². The largest absolute Gasteiger partial charge is 0.465 e. The normalized spacial score (nSPS) is 16.5. The van der Waals surface area contributed by atoms with Gasteiger partial charge in [0.2, 0.25) is 0 Å². The number of carbonyl (C=O) groups excluding carboxylic acids is 2. The van der Waals surface area contributed by atoms with Gasteiger partial charge in [-0.1, -0.05) is 78.4 Å². The van der Waals surface area contributed by atoms with Crippen LogP contribution in [0.5, 0.6) is 0 Å². The molecule has 0 saturated heterocycles. The van der Waals surface area contributed by atoms with Crippen LogP contribution in [0.25, 0.3) is 5.57 Å². The van der Waals surface area contributed by atoms with Crippen LogP contribution in [-0.2, 0) is 29.1 Å². The van der Waals surface area contributed by atoms with Crippen LogP contribution in [0, 0.1) is 6.92 Å². The number of hydrogen-bond acceptors (Lipinski definition) is 6. The standard InChI is InChI=1S/C28H25NO6S/c1-19-14-16-22(17-15-19)36(32,33)29-24(21-12-8-5-9-13-21)18-23(20-10-6-4-7-11-20)25(27(30)34-2)26(29)28(31)35-3/h4-18,24H,1-3H3/i18D. The second kappa shape index (κ2) is 10.2. The van der Waals surface area contributed by atoms with Gasteiger partial charge in [-0.25, -0.2) is 22.3 Å². The fourth-order valence-electron chi connectivity index (χ4n) is 3.98. The summed E-state index contributed by atoms with van der Waals surface area (Å²) in [6, 6.07) is 21.7. The minimum atomic E-state index is -4.48. The van der Waals surface area contributed by atoms with Crippen LogP contribution in [-0.4, -0.2) is 38.9 Å². The van der Waals surface area contributed by atoms with Crippen LogP contribution in [0.2, 0.25) is 0 Å². The van der Waals surface area contributed by atoms with Crippen LogP contribution in [0.1, 0.15) is 24.1 Å². The average Bonchev–Trinajstić information content (AvgIpc) is 2.92. The molecular weight excluding hydrogens is 478 g/mol. The second-order valence-corrected chi connectivity index (χ2v) is 9.83. The number of carbonyl (C=O) groups is 2. The Balaban J connectivity index is 2.16. The van der Waals surface area contributed by atoms with Crippen molar-refractivity contribution in [2.45, 2.75) is 17.9 Å². The van der Waals surface area contributed by atoms with Crippen molar-refractivity contribution in [3.63, 3.8) is 0 Å². The molecule has 0 bridgehead atoms. The Morgan fingerprint density at radius 3 is 1.94 bits per heavy atom. The van der Waals surface area contributed by atoms with E-state index in [0.29, 0.717) is 11.1 Å². The summed E-state index contributed by atoms with van der Waals surface area (Å²) in [6.45, 7) is 1.82. The van der Waals surface area contributed by atoms with E-state index in [9.17, 15) is 19.4 Å². The average molecular weight is 505 g/mol. The van der Waals surface area contributed by atoms with E-state index in [1.54, 1.807) is 72.8 Å². The molecule has 8 heteroatoms. The van der Waals surface area contributed by atoms with E-state index in [-0.39, 0.29) is 22.1 Å². The smallest absolute Gasteiger partial charge is 0.356 e. The molecule has 1 aliphatic rings. The van der Waals surface area contributed by atoms with Crippen molar-refractivity contribution < 1.29 is 28.9 Å². The minimum Gasteiger partial charge on any atom is -0.465 e. The number of sulfonamides is 1. The first-order chi connectivity index (χ1) is 17.7. The van der Waals surface area contributed by atoms with Crippen molar-refractivity contribution in [3.05, 3.63) is 119 Å². The maximum atomic E-state index is 14.2. The lowest BCUT2D eigenvalue weighted by Crippen LogP contribution is -2.41. The minimum absolute atomic E-state index is 0.0806. The van der Waals surface area contributed by atoms with Gasteiger partial charge < -0.3 is 9.47 Å². The molecule has 3 aromatic carbocycles. The van der Waals surface area contributed by atoms with Gasteiger partial charge in [-0.3, -0.25) is 0 Å². The van der Waals surface area contributed by atoms with Gasteiger partial charge >= 0.3 is 11.9 Å². The second-order valence-electron chi connectivity index (χ2n) is 8.02. The van der Waals surface area contributed by atoms with E-state index in [2.05, 4.69) is 0 Å². The number of nitrogens with zero attached hydrogens (tertiary/aromatic N) is 1. The maximum absolute atomic E-state index is 14.2. The Morgan fingerprint density at radius 2 is 1.39 bits per heavy atom. The Bertz CT molecular complexity index is 1500. The van der Waals surface area contributed by atoms with E-state index in [4.69, 9.17) is 9.47 Å². The van der Waals surface area contributed by atoms with Crippen molar-refractivity contribution in [1.82, 2.24) is 4.31 Å². The summed E-state index contributed by atoms with van der Waals surface area (Å²) in [5.74, 6) is -2.03. The van der Waals surface area contributed by atoms with Crippen molar-refractivity contribution >= 4 is 27.5 Å². The summed E-state index contributed by atoms with van der Waals surface area (Å²) in [6.07, 6.45) is 0. The van der Waals surface area contributed by atoms with Gasteiger partial charge in [0.15, 0.2) is 5.70 Å². The Labute approximate surface area is 211 Å². The van der Waals surface area contributed by atoms with Crippen LogP contribution < -0.4 is 0 Å². The monoisotopic (exact) mass is 504 g/mol. The van der Waals surface area contributed by atoms with E-state index < -0.39 is 33.7 Å². The van der Waals surface area contributed by atoms with E-state index >= 15 is 0 Å².